The number of fused-ring (bicyclic) bond motifs is 1. The first kappa shape index (κ1) is 19.7. The predicted molar refractivity (Wildman–Crippen MR) is 95.0 cm³/mol. The molecule has 0 aliphatic heterocycles. The number of carboxylic acids is 1. The van der Waals surface area contributed by atoms with E-state index in [4.69, 9.17) is 9.84 Å². The fourth-order valence-corrected chi connectivity index (χ4v) is 3.18. The van der Waals surface area contributed by atoms with Gasteiger partial charge in [0, 0.05) is 25.2 Å². The summed E-state index contributed by atoms with van der Waals surface area (Å²) in [4.78, 5) is 35.5. The minimum absolute atomic E-state index is 0.388. The Morgan fingerprint density at radius 1 is 1.31 bits per heavy atom. The molecule has 7 heteroatoms. The van der Waals surface area contributed by atoms with Gasteiger partial charge in [-0.1, -0.05) is 19.1 Å². The number of benzene rings is 1. The van der Waals surface area contributed by atoms with Crippen LogP contribution in [0.5, 0.6) is 0 Å². The second-order valence-electron chi connectivity index (χ2n) is 6.36. The van der Waals surface area contributed by atoms with Gasteiger partial charge in [0.15, 0.2) is 5.78 Å². The van der Waals surface area contributed by atoms with Gasteiger partial charge >= 0.3 is 5.97 Å². The fraction of sp³-hybridized carbons (Fsp3) is 0.421. The number of Topliss-reactive ketones (excluding diaryl/α,β-unsaturated/α-hetero) is 1. The van der Waals surface area contributed by atoms with Crippen LogP contribution in [0.4, 0.5) is 0 Å². The SMILES string of the molecule is COCCCc1cc(C)c2c(c1)C(C)C(=O)C(C(=O)NCC(=O)O)=C2O. The standard InChI is InChI=1S/C19H23NO6/c1-10-7-12(5-4-6-26-3)8-13-11(2)17(23)16(18(24)15(10)13)19(25)20-9-14(21)22/h7-8,11,24H,4-6,9H2,1-3H3,(H,20,25)(H,21,22). The number of hydrogen-bond acceptors (Lipinski definition) is 5. The molecule has 0 heterocycles. The summed E-state index contributed by atoms with van der Waals surface area (Å²) in [7, 11) is 1.64. The molecule has 0 saturated carbocycles. The quantitative estimate of drug-likeness (QED) is 0.504. The highest BCUT2D eigenvalue weighted by Crippen LogP contribution is 2.38. The Morgan fingerprint density at radius 2 is 2.00 bits per heavy atom. The Balaban J connectivity index is 2.43. The monoisotopic (exact) mass is 361 g/mol. The van der Waals surface area contributed by atoms with Crippen LogP contribution in [0.2, 0.25) is 0 Å². The molecule has 26 heavy (non-hydrogen) atoms. The molecule has 0 spiro atoms. The summed E-state index contributed by atoms with van der Waals surface area (Å²) in [5.74, 6) is -3.63. The number of ether oxygens (including phenoxy) is 1. The highest BCUT2D eigenvalue weighted by atomic mass is 16.5. The van der Waals surface area contributed by atoms with E-state index in [1.165, 1.54) is 0 Å². The molecule has 1 aliphatic carbocycles. The number of methoxy groups -OCH3 is 1. The second kappa shape index (κ2) is 8.14. The average molecular weight is 361 g/mol. The second-order valence-corrected chi connectivity index (χ2v) is 6.36. The number of carboxylic acid groups (broad SMARTS) is 1. The summed E-state index contributed by atoms with van der Waals surface area (Å²) in [6, 6.07) is 3.79. The van der Waals surface area contributed by atoms with E-state index in [2.05, 4.69) is 5.32 Å². The molecule has 0 fully saturated rings. The van der Waals surface area contributed by atoms with E-state index in [0.717, 1.165) is 24.0 Å². The average Bonchev–Trinajstić information content (AvgIpc) is 2.57. The summed E-state index contributed by atoms with van der Waals surface area (Å²) in [5.41, 5.74) is 2.55. The number of ketones is 1. The van der Waals surface area contributed by atoms with Gasteiger partial charge in [-0.15, -0.1) is 0 Å². The topological polar surface area (TPSA) is 113 Å². The summed E-state index contributed by atoms with van der Waals surface area (Å²) in [6.07, 6.45) is 1.61. The van der Waals surface area contributed by atoms with E-state index in [9.17, 15) is 19.5 Å². The normalized spacial score (nSPS) is 16.4. The van der Waals surface area contributed by atoms with Gasteiger partial charge in [-0.05, 0) is 36.5 Å². The molecule has 0 aromatic heterocycles. The van der Waals surface area contributed by atoms with Gasteiger partial charge in [0.25, 0.3) is 5.91 Å². The van der Waals surface area contributed by atoms with E-state index >= 15 is 0 Å². The minimum Gasteiger partial charge on any atom is -0.506 e. The van der Waals surface area contributed by atoms with Crippen LogP contribution in [0.15, 0.2) is 17.7 Å². The molecular formula is C19H23NO6. The maximum atomic E-state index is 12.6. The number of amides is 1. The molecule has 1 aromatic rings. The minimum atomic E-state index is -1.23. The van der Waals surface area contributed by atoms with Crippen molar-refractivity contribution in [1.82, 2.24) is 5.32 Å². The van der Waals surface area contributed by atoms with Crippen molar-refractivity contribution < 1.29 is 29.3 Å². The zero-order chi connectivity index (χ0) is 19.4. The van der Waals surface area contributed by atoms with Crippen LogP contribution in [-0.2, 0) is 25.5 Å². The van der Waals surface area contributed by atoms with Gasteiger partial charge in [-0.25, -0.2) is 0 Å². The lowest BCUT2D eigenvalue weighted by molar-refractivity contribution is -0.137. The molecule has 1 aliphatic rings. The van der Waals surface area contributed by atoms with E-state index in [-0.39, 0.29) is 5.57 Å². The number of nitrogens with one attached hydrogen (secondary N) is 1. The number of rotatable bonds is 7. The maximum absolute atomic E-state index is 12.6. The fourth-order valence-electron chi connectivity index (χ4n) is 3.18. The Labute approximate surface area is 151 Å². The maximum Gasteiger partial charge on any atom is 0.322 e. The Kier molecular flexibility index (Phi) is 6.15. The van der Waals surface area contributed by atoms with E-state index in [1.54, 1.807) is 14.0 Å². The van der Waals surface area contributed by atoms with Crippen molar-refractivity contribution >= 4 is 23.4 Å². The van der Waals surface area contributed by atoms with Crippen LogP contribution in [-0.4, -0.2) is 48.1 Å². The Hall–Kier alpha value is -2.67. The Morgan fingerprint density at radius 3 is 2.62 bits per heavy atom. The van der Waals surface area contributed by atoms with Crippen molar-refractivity contribution in [2.75, 3.05) is 20.3 Å². The molecule has 1 amide bonds. The predicted octanol–water partition coefficient (Wildman–Crippen LogP) is 1.73. The zero-order valence-corrected chi connectivity index (χ0v) is 15.1. The molecule has 2 rings (SSSR count). The molecule has 7 nitrogen and oxygen atoms in total. The third kappa shape index (κ3) is 3.94. The lowest BCUT2D eigenvalue weighted by atomic mass is 9.79. The number of aliphatic hydroxyl groups is 1. The number of aliphatic hydroxyl groups excluding tert-OH is 1. The molecule has 140 valence electrons. The molecule has 1 unspecified atom stereocenters. The van der Waals surface area contributed by atoms with E-state index < -0.39 is 35.9 Å². The first-order chi connectivity index (χ1) is 12.3. The molecule has 0 radical (unpaired) electrons. The van der Waals surface area contributed by atoms with E-state index in [0.29, 0.717) is 17.7 Å². The third-order valence-electron chi connectivity index (χ3n) is 4.45. The smallest absolute Gasteiger partial charge is 0.322 e. The largest absolute Gasteiger partial charge is 0.506 e. The van der Waals surface area contributed by atoms with Gasteiger partial charge < -0.3 is 20.3 Å². The van der Waals surface area contributed by atoms with Crippen LogP contribution in [0.1, 0.15) is 41.5 Å². The van der Waals surface area contributed by atoms with Crippen LogP contribution in [0, 0.1) is 6.92 Å². The summed E-state index contributed by atoms with van der Waals surface area (Å²) in [5, 5.41) is 21.4. The third-order valence-corrected chi connectivity index (χ3v) is 4.45. The Bertz CT molecular complexity index is 780. The number of aryl methyl sites for hydroxylation is 2. The zero-order valence-electron chi connectivity index (χ0n) is 15.1. The number of carbonyl (C=O) groups excluding carboxylic acids is 2. The van der Waals surface area contributed by atoms with Crippen molar-refractivity contribution in [2.45, 2.75) is 32.6 Å². The van der Waals surface area contributed by atoms with Gasteiger partial charge in [0.2, 0.25) is 0 Å². The lowest BCUT2D eigenvalue weighted by Crippen LogP contribution is -2.36. The highest BCUT2D eigenvalue weighted by molar-refractivity contribution is 6.27. The van der Waals surface area contributed by atoms with Crippen LogP contribution in [0.25, 0.3) is 5.76 Å². The van der Waals surface area contributed by atoms with Crippen molar-refractivity contribution in [1.29, 1.82) is 0 Å². The molecule has 0 bridgehead atoms. The summed E-state index contributed by atoms with van der Waals surface area (Å²) >= 11 is 0. The van der Waals surface area contributed by atoms with Crippen molar-refractivity contribution in [3.05, 3.63) is 40.0 Å². The number of carbonyl (C=O) groups is 3. The molecule has 1 aromatic carbocycles. The molecule has 0 saturated heterocycles. The van der Waals surface area contributed by atoms with Gasteiger partial charge in [0.05, 0.1) is 0 Å². The van der Waals surface area contributed by atoms with Crippen LogP contribution >= 0.6 is 0 Å². The summed E-state index contributed by atoms with van der Waals surface area (Å²) in [6.45, 7) is 3.49. The van der Waals surface area contributed by atoms with Gasteiger partial charge in [-0.2, -0.15) is 0 Å². The van der Waals surface area contributed by atoms with Crippen molar-refractivity contribution in [3.8, 4) is 0 Å². The number of aliphatic carboxylic acids is 1. The van der Waals surface area contributed by atoms with Crippen molar-refractivity contribution in [2.24, 2.45) is 0 Å². The highest BCUT2D eigenvalue weighted by Gasteiger charge is 2.36. The number of hydrogen-bond donors (Lipinski definition) is 3. The van der Waals surface area contributed by atoms with Gasteiger partial charge in [-0.3, -0.25) is 14.4 Å². The summed E-state index contributed by atoms with van der Waals surface area (Å²) < 4.78 is 5.05. The first-order valence-corrected chi connectivity index (χ1v) is 8.38. The first-order valence-electron chi connectivity index (χ1n) is 8.38. The molecule has 1 atom stereocenters. The van der Waals surface area contributed by atoms with Crippen LogP contribution in [0.3, 0.4) is 0 Å². The van der Waals surface area contributed by atoms with Crippen LogP contribution < -0.4 is 5.32 Å². The van der Waals surface area contributed by atoms with Crippen molar-refractivity contribution in [3.63, 3.8) is 0 Å². The van der Waals surface area contributed by atoms with E-state index in [1.807, 2.05) is 19.1 Å². The molecular weight excluding hydrogens is 338 g/mol. The van der Waals surface area contributed by atoms with Gasteiger partial charge in [0.1, 0.15) is 17.9 Å². The molecule has 3 N–H and O–H groups in total. The lowest BCUT2D eigenvalue weighted by Gasteiger charge is -2.26.